The molecule has 0 atom stereocenters. The molecule has 3 aromatic rings. The number of benzene rings is 3. The van der Waals surface area contributed by atoms with Crippen LogP contribution in [0.15, 0.2) is 78.9 Å². The predicted molar refractivity (Wildman–Crippen MR) is 164 cm³/mol. The van der Waals surface area contributed by atoms with Crippen LogP contribution in [-0.4, -0.2) is 4.31 Å². The summed E-state index contributed by atoms with van der Waals surface area (Å²) in [6.45, 7) is 15.6. The Balaban J connectivity index is 0.000000665. The maximum atomic E-state index is 3.53. The molecule has 0 bridgehead atoms. The Labute approximate surface area is 250 Å². The van der Waals surface area contributed by atoms with E-state index < -0.39 is 0 Å². The molecule has 0 aliphatic heterocycles. The molecule has 0 saturated carbocycles. The van der Waals surface area contributed by atoms with E-state index in [9.17, 15) is 0 Å². The summed E-state index contributed by atoms with van der Waals surface area (Å²) in [4.78, 5) is 0. The van der Waals surface area contributed by atoms with Gasteiger partial charge in [-0.15, -0.1) is 36.8 Å². The van der Waals surface area contributed by atoms with Gasteiger partial charge in [0, 0.05) is 0 Å². The van der Waals surface area contributed by atoms with Crippen LogP contribution < -0.4 is 0 Å². The second-order valence-electron chi connectivity index (χ2n) is 10.7. The Morgan fingerprint density at radius 2 is 1.43 bits per heavy atom. The number of fused-ring (bicyclic) bond motifs is 3. The van der Waals surface area contributed by atoms with Crippen LogP contribution in [0, 0.1) is 18.2 Å². The summed E-state index contributed by atoms with van der Waals surface area (Å²) >= 11 is 2.00. The summed E-state index contributed by atoms with van der Waals surface area (Å²) in [5.74, 6) is 0. The minimum atomic E-state index is 0. The molecule has 0 aromatic heterocycles. The quantitative estimate of drug-likeness (QED) is 0.146. The summed E-state index contributed by atoms with van der Waals surface area (Å²) in [7, 11) is 0. The number of hydrogen-bond donors (Lipinski definition) is 0. The third-order valence-corrected chi connectivity index (χ3v) is 5.72. The molecular weight excluding hydrogens is 527 g/mol. The van der Waals surface area contributed by atoms with Crippen molar-refractivity contribution in [2.45, 2.75) is 72.1 Å². The van der Waals surface area contributed by atoms with Gasteiger partial charge in [-0.2, -0.15) is 71.8 Å². The molecule has 2 aliphatic carbocycles. The molecule has 0 spiro atoms. The SMILES string of the molecule is CC(C)(C)c1c[c-]c2c(c1)-c1cc(C(C)(C)C)ccc1C2.C[CH]=[Ti].Cl.Cl.[C-]1=CC=CC1.[c-]1ccccc1. The van der Waals surface area contributed by atoms with E-state index in [1.54, 1.807) is 0 Å². The van der Waals surface area contributed by atoms with Crippen molar-refractivity contribution >= 4 is 29.1 Å². The van der Waals surface area contributed by atoms with Crippen LogP contribution in [0.4, 0.5) is 0 Å². The molecule has 0 heterocycles. The predicted octanol–water partition coefficient (Wildman–Crippen LogP) is 9.64. The molecule has 0 N–H and O–H groups in total. The van der Waals surface area contributed by atoms with Crippen molar-refractivity contribution in [1.29, 1.82) is 0 Å². The summed E-state index contributed by atoms with van der Waals surface area (Å²) in [6, 6.07) is 27.6. The molecule has 37 heavy (non-hydrogen) atoms. The Kier molecular flexibility index (Phi) is 16.2. The second-order valence-corrected chi connectivity index (χ2v) is 11.6. The third-order valence-electron chi connectivity index (χ3n) is 5.72. The van der Waals surface area contributed by atoms with Gasteiger partial charge < -0.3 is 0 Å². The summed E-state index contributed by atoms with van der Waals surface area (Å²) in [6.07, 6.45) is 11.0. The van der Waals surface area contributed by atoms with Gasteiger partial charge in [0.1, 0.15) is 0 Å². The van der Waals surface area contributed by atoms with E-state index in [-0.39, 0.29) is 35.6 Å². The average molecular weight is 568 g/mol. The maximum Gasteiger partial charge on any atom is -0.109 e. The molecule has 2 aliphatic rings. The van der Waals surface area contributed by atoms with Gasteiger partial charge in [-0.3, -0.25) is 6.08 Å². The zero-order valence-electron chi connectivity index (χ0n) is 23.3. The van der Waals surface area contributed by atoms with E-state index in [0.717, 1.165) is 12.8 Å². The van der Waals surface area contributed by atoms with Crippen LogP contribution in [0.25, 0.3) is 11.1 Å². The van der Waals surface area contributed by atoms with Gasteiger partial charge in [0.15, 0.2) is 0 Å². The molecule has 0 nitrogen and oxygen atoms in total. The van der Waals surface area contributed by atoms with Crippen molar-refractivity contribution in [3.05, 3.63) is 119 Å². The fourth-order valence-electron chi connectivity index (χ4n) is 3.67. The summed E-state index contributed by atoms with van der Waals surface area (Å²) in [5, 5.41) is 0. The van der Waals surface area contributed by atoms with E-state index >= 15 is 0 Å². The molecule has 198 valence electrons. The van der Waals surface area contributed by atoms with Gasteiger partial charge in [-0.05, 0) is 17.4 Å². The van der Waals surface area contributed by atoms with Crippen molar-refractivity contribution < 1.29 is 20.0 Å². The Morgan fingerprint density at radius 3 is 1.84 bits per heavy atom. The Bertz CT molecular complexity index is 1030. The summed E-state index contributed by atoms with van der Waals surface area (Å²) < 4.78 is 2.00. The number of allylic oxidation sites excluding steroid dienone is 4. The van der Waals surface area contributed by atoms with E-state index in [2.05, 4.69) is 96.2 Å². The molecular formula is C34H41Cl2Ti-3. The minimum Gasteiger partial charge on any atom is -0.273 e. The molecule has 0 fully saturated rings. The van der Waals surface area contributed by atoms with E-state index in [4.69, 9.17) is 0 Å². The van der Waals surface area contributed by atoms with E-state index in [0.29, 0.717) is 0 Å². The van der Waals surface area contributed by atoms with Gasteiger partial charge in [0.05, 0.1) is 0 Å². The van der Waals surface area contributed by atoms with Gasteiger partial charge in [-0.25, -0.2) is 12.2 Å². The van der Waals surface area contributed by atoms with Gasteiger partial charge in [0.25, 0.3) is 0 Å². The zero-order chi connectivity index (χ0) is 25.9. The minimum absolute atomic E-state index is 0. The Morgan fingerprint density at radius 1 is 0.838 bits per heavy atom. The first-order valence-corrected chi connectivity index (χ1v) is 13.2. The third kappa shape index (κ3) is 11.7. The van der Waals surface area contributed by atoms with Crippen molar-refractivity contribution in [2.75, 3.05) is 0 Å². The largest absolute Gasteiger partial charge is 0.273 e. The normalized spacial score (nSPS) is 11.9. The first-order chi connectivity index (χ1) is 16.6. The van der Waals surface area contributed by atoms with Crippen LogP contribution >= 0.6 is 24.8 Å². The zero-order valence-corrected chi connectivity index (χ0v) is 26.5. The van der Waals surface area contributed by atoms with Crippen LogP contribution in [0.5, 0.6) is 0 Å². The monoisotopic (exact) mass is 567 g/mol. The molecule has 0 saturated heterocycles. The topological polar surface area (TPSA) is 0 Å². The number of rotatable bonds is 0. The van der Waals surface area contributed by atoms with Crippen LogP contribution in [0.3, 0.4) is 0 Å². The fraction of sp³-hybridized carbons (Fsp3) is 0.324. The average Bonchev–Trinajstić information content (AvgIpc) is 3.51. The van der Waals surface area contributed by atoms with Gasteiger partial charge in [0.2, 0.25) is 0 Å². The first-order valence-electron chi connectivity index (χ1n) is 12.3. The molecule has 3 aromatic carbocycles. The van der Waals surface area contributed by atoms with Crippen molar-refractivity contribution in [2.24, 2.45) is 0 Å². The second kappa shape index (κ2) is 17.0. The van der Waals surface area contributed by atoms with Crippen LogP contribution in [-0.2, 0) is 37.2 Å². The number of hydrogen-bond acceptors (Lipinski definition) is 0. The molecule has 0 amide bonds. The van der Waals surface area contributed by atoms with Crippen molar-refractivity contribution in [3.8, 4) is 11.1 Å². The van der Waals surface area contributed by atoms with E-state index in [1.807, 2.05) is 73.7 Å². The smallest absolute Gasteiger partial charge is 0.109 e. The standard InChI is InChI=1S/C21H25.C6H5.C5H5.C2H4.2ClH.Ti/c1-20(2,3)16-9-7-14-11-15-8-10-17(21(4,5)6)13-19(15)18(14)12-16;1-2-4-6-5-3-1;1-2-4-5-3-1;1-2;;;/h7,9-10,12-13H,11H2,1-6H3;1-5H;1-3H,4H2;1H,2H3;2*1H;/q3*-1;;;;. The molecule has 0 radical (unpaired) electrons. The van der Waals surface area contributed by atoms with Crippen molar-refractivity contribution in [3.63, 3.8) is 0 Å². The molecule has 3 heteroatoms. The molecule has 0 unspecified atom stereocenters. The molecule has 5 rings (SSSR count). The van der Waals surface area contributed by atoms with E-state index in [1.165, 1.54) is 33.4 Å². The Hall–Kier alpha value is -1.70. The fourth-order valence-corrected chi connectivity index (χ4v) is 3.67. The van der Waals surface area contributed by atoms with Crippen LogP contribution in [0.2, 0.25) is 0 Å². The summed E-state index contributed by atoms with van der Waals surface area (Å²) in [5.41, 5.74) is 8.76. The van der Waals surface area contributed by atoms with Crippen LogP contribution in [0.1, 0.15) is 77.1 Å². The van der Waals surface area contributed by atoms with Gasteiger partial charge >= 0.3 is 31.2 Å². The first kappa shape index (κ1) is 35.3. The number of halogens is 2. The van der Waals surface area contributed by atoms with Crippen molar-refractivity contribution in [1.82, 2.24) is 0 Å². The maximum absolute atomic E-state index is 3.53. The van der Waals surface area contributed by atoms with Gasteiger partial charge in [-0.1, -0.05) is 76.3 Å².